The first-order valence-corrected chi connectivity index (χ1v) is 8.80. The van der Waals surface area contributed by atoms with E-state index in [2.05, 4.69) is 50.7 Å². The molecule has 3 rings (SSSR count). The standard InChI is InChI=1S/C19H26N4O/c24-19(20-9-6-18-13-21-22-14-18)12-16-7-10-23(11-8-16)15-17-4-2-1-3-5-17/h1-5,13-14,16H,6-12,15H2,(H,20,24)(H,21,22). The summed E-state index contributed by atoms with van der Waals surface area (Å²) in [5, 5.41) is 9.72. The van der Waals surface area contributed by atoms with E-state index in [0.29, 0.717) is 18.9 Å². The average Bonchev–Trinajstić information content (AvgIpc) is 3.11. The predicted octanol–water partition coefficient (Wildman–Crippen LogP) is 2.37. The SMILES string of the molecule is O=C(CC1CCN(Cc2ccccc2)CC1)NCCc1cn[nH]c1. The Labute approximate surface area is 143 Å². The minimum absolute atomic E-state index is 0.181. The summed E-state index contributed by atoms with van der Waals surface area (Å²) in [6.07, 6.45) is 7.38. The van der Waals surface area contributed by atoms with Crippen molar-refractivity contribution in [3.63, 3.8) is 0 Å². The summed E-state index contributed by atoms with van der Waals surface area (Å²) in [6, 6.07) is 10.6. The number of benzene rings is 1. The van der Waals surface area contributed by atoms with Crippen molar-refractivity contribution in [2.75, 3.05) is 19.6 Å². The number of aromatic amines is 1. The van der Waals surface area contributed by atoms with Gasteiger partial charge in [-0.3, -0.25) is 14.8 Å². The van der Waals surface area contributed by atoms with Gasteiger partial charge in [-0.05, 0) is 49.4 Å². The van der Waals surface area contributed by atoms with Crippen LogP contribution in [0.5, 0.6) is 0 Å². The number of rotatable bonds is 7. The van der Waals surface area contributed by atoms with Crippen LogP contribution in [0.25, 0.3) is 0 Å². The van der Waals surface area contributed by atoms with Gasteiger partial charge in [-0.2, -0.15) is 5.10 Å². The molecule has 128 valence electrons. The van der Waals surface area contributed by atoms with Crippen LogP contribution in [0.3, 0.4) is 0 Å². The van der Waals surface area contributed by atoms with E-state index in [-0.39, 0.29) is 5.91 Å². The maximum atomic E-state index is 12.1. The average molecular weight is 326 g/mol. The van der Waals surface area contributed by atoms with E-state index < -0.39 is 0 Å². The maximum Gasteiger partial charge on any atom is 0.220 e. The van der Waals surface area contributed by atoms with Gasteiger partial charge in [0.25, 0.3) is 0 Å². The molecule has 0 bridgehead atoms. The monoisotopic (exact) mass is 326 g/mol. The third-order valence-electron chi connectivity index (χ3n) is 4.72. The first-order chi connectivity index (χ1) is 11.8. The Morgan fingerprint density at radius 2 is 2.00 bits per heavy atom. The van der Waals surface area contributed by atoms with Crippen LogP contribution in [-0.2, 0) is 17.8 Å². The summed E-state index contributed by atoms with van der Waals surface area (Å²) in [5.74, 6) is 0.700. The lowest BCUT2D eigenvalue weighted by molar-refractivity contribution is -0.122. The van der Waals surface area contributed by atoms with Crippen molar-refractivity contribution in [2.24, 2.45) is 5.92 Å². The molecular weight excluding hydrogens is 300 g/mol. The second kappa shape index (κ2) is 8.64. The molecule has 0 spiro atoms. The molecule has 0 aliphatic carbocycles. The van der Waals surface area contributed by atoms with E-state index >= 15 is 0 Å². The van der Waals surface area contributed by atoms with E-state index in [1.165, 1.54) is 5.56 Å². The molecule has 0 radical (unpaired) electrons. The smallest absolute Gasteiger partial charge is 0.220 e. The summed E-state index contributed by atoms with van der Waals surface area (Å²) in [4.78, 5) is 14.6. The molecule has 0 unspecified atom stereocenters. The summed E-state index contributed by atoms with van der Waals surface area (Å²) < 4.78 is 0. The minimum Gasteiger partial charge on any atom is -0.356 e. The number of hydrogen-bond acceptors (Lipinski definition) is 3. The Balaban J connectivity index is 1.32. The first kappa shape index (κ1) is 16.7. The van der Waals surface area contributed by atoms with Crippen molar-refractivity contribution < 1.29 is 4.79 Å². The van der Waals surface area contributed by atoms with Crippen molar-refractivity contribution in [2.45, 2.75) is 32.2 Å². The zero-order valence-electron chi connectivity index (χ0n) is 14.1. The highest BCUT2D eigenvalue weighted by Crippen LogP contribution is 2.21. The predicted molar refractivity (Wildman–Crippen MR) is 94.4 cm³/mol. The topological polar surface area (TPSA) is 61.0 Å². The fraction of sp³-hybridized carbons (Fsp3) is 0.474. The molecule has 1 aromatic carbocycles. The van der Waals surface area contributed by atoms with Gasteiger partial charge in [0.15, 0.2) is 0 Å². The van der Waals surface area contributed by atoms with Crippen molar-refractivity contribution in [3.8, 4) is 0 Å². The van der Waals surface area contributed by atoms with Gasteiger partial charge in [-0.25, -0.2) is 0 Å². The molecule has 0 atom stereocenters. The van der Waals surface area contributed by atoms with Crippen LogP contribution < -0.4 is 5.32 Å². The molecule has 1 amide bonds. The third-order valence-corrected chi connectivity index (χ3v) is 4.72. The second-order valence-electron chi connectivity index (χ2n) is 6.62. The molecular formula is C19H26N4O. The van der Waals surface area contributed by atoms with Crippen LogP contribution in [0, 0.1) is 5.92 Å². The molecule has 0 saturated carbocycles. The van der Waals surface area contributed by atoms with Gasteiger partial charge in [0.2, 0.25) is 5.91 Å². The largest absolute Gasteiger partial charge is 0.356 e. The minimum atomic E-state index is 0.181. The van der Waals surface area contributed by atoms with Crippen LogP contribution in [0.1, 0.15) is 30.4 Å². The van der Waals surface area contributed by atoms with Gasteiger partial charge >= 0.3 is 0 Å². The van der Waals surface area contributed by atoms with Gasteiger partial charge in [-0.1, -0.05) is 30.3 Å². The Kier molecular flexibility index (Phi) is 6.01. The molecule has 1 fully saturated rings. The Morgan fingerprint density at radius 1 is 1.21 bits per heavy atom. The Morgan fingerprint density at radius 3 is 2.71 bits per heavy atom. The van der Waals surface area contributed by atoms with Crippen molar-refractivity contribution in [1.82, 2.24) is 20.4 Å². The summed E-state index contributed by atoms with van der Waals surface area (Å²) in [6.45, 7) is 3.87. The lowest BCUT2D eigenvalue weighted by atomic mass is 9.93. The third kappa shape index (κ3) is 5.20. The molecule has 5 heteroatoms. The van der Waals surface area contributed by atoms with Gasteiger partial charge < -0.3 is 5.32 Å². The van der Waals surface area contributed by atoms with E-state index in [9.17, 15) is 4.79 Å². The number of nitrogens with zero attached hydrogens (tertiary/aromatic N) is 2. The van der Waals surface area contributed by atoms with E-state index in [4.69, 9.17) is 0 Å². The molecule has 2 aromatic rings. The van der Waals surface area contributed by atoms with Gasteiger partial charge in [0, 0.05) is 25.7 Å². The Hall–Kier alpha value is -2.14. The lowest BCUT2D eigenvalue weighted by Gasteiger charge is -2.31. The summed E-state index contributed by atoms with van der Waals surface area (Å²) in [7, 11) is 0. The molecule has 1 aromatic heterocycles. The number of likely N-dealkylation sites (tertiary alicyclic amines) is 1. The number of nitrogens with one attached hydrogen (secondary N) is 2. The number of H-pyrrole nitrogens is 1. The Bertz CT molecular complexity index is 604. The molecule has 5 nitrogen and oxygen atoms in total. The van der Waals surface area contributed by atoms with E-state index in [1.807, 2.05) is 6.20 Å². The molecule has 1 aliphatic rings. The number of amides is 1. The zero-order chi connectivity index (χ0) is 16.6. The maximum absolute atomic E-state index is 12.1. The number of aromatic nitrogens is 2. The number of carbonyl (C=O) groups is 1. The number of hydrogen-bond donors (Lipinski definition) is 2. The van der Waals surface area contributed by atoms with Crippen molar-refractivity contribution in [3.05, 3.63) is 53.9 Å². The van der Waals surface area contributed by atoms with Crippen molar-refractivity contribution >= 4 is 5.91 Å². The van der Waals surface area contributed by atoms with E-state index in [1.54, 1.807) is 6.20 Å². The van der Waals surface area contributed by atoms with Crippen LogP contribution in [0.15, 0.2) is 42.7 Å². The lowest BCUT2D eigenvalue weighted by Crippen LogP contribution is -2.35. The highest BCUT2D eigenvalue weighted by atomic mass is 16.1. The molecule has 24 heavy (non-hydrogen) atoms. The van der Waals surface area contributed by atoms with Gasteiger partial charge in [0.1, 0.15) is 0 Å². The zero-order valence-corrected chi connectivity index (χ0v) is 14.1. The summed E-state index contributed by atoms with van der Waals surface area (Å²) >= 11 is 0. The van der Waals surface area contributed by atoms with Crippen molar-refractivity contribution in [1.29, 1.82) is 0 Å². The molecule has 1 saturated heterocycles. The van der Waals surface area contributed by atoms with Gasteiger partial charge in [-0.15, -0.1) is 0 Å². The first-order valence-electron chi connectivity index (χ1n) is 8.80. The highest BCUT2D eigenvalue weighted by Gasteiger charge is 2.21. The second-order valence-corrected chi connectivity index (χ2v) is 6.62. The summed E-state index contributed by atoms with van der Waals surface area (Å²) in [5.41, 5.74) is 2.50. The highest BCUT2D eigenvalue weighted by molar-refractivity contribution is 5.76. The van der Waals surface area contributed by atoms with Gasteiger partial charge in [0.05, 0.1) is 6.20 Å². The van der Waals surface area contributed by atoms with E-state index in [0.717, 1.165) is 44.5 Å². The number of carbonyl (C=O) groups excluding carboxylic acids is 1. The molecule has 1 aliphatic heterocycles. The fourth-order valence-electron chi connectivity index (χ4n) is 3.29. The van der Waals surface area contributed by atoms with Crippen LogP contribution in [0.4, 0.5) is 0 Å². The van der Waals surface area contributed by atoms with Crippen LogP contribution in [0.2, 0.25) is 0 Å². The normalized spacial score (nSPS) is 16.2. The van der Waals surface area contributed by atoms with Crippen LogP contribution >= 0.6 is 0 Å². The molecule has 2 N–H and O–H groups in total. The van der Waals surface area contributed by atoms with Crippen LogP contribution in [-0.4, -0.2) is 40.6 Å². The fourth-order valence-corrected chi connectivity index (χ4v) is 3.29. The molecule has 2 heterocycles. The number of piperidine rings is 1. The quantitative estimate of drug-likeness (QED) is 0.821.